The van der Waals surface area contributed by atoms with Gasteiger partial charge in [-0.1, -0.05) is 19.1 Å². The number of hydrogen-bond donors (Lipinski definition) is 0. The van der Waals surface area contributed by atoms with Crippen LogP contribution < -0.4 is 14.2 Å². The van der Waals surface area contributed by atoms with Crippen molar-refractivity contribution in [2.24, 2.45) is 0 Å². The van der Waals surface area contributed by atoms with Gasteiger partial charge in [0.05, 0.1) is 13.2 Å². The molecule has 2 amide bonds. The Labute approximate surface area is 208 Å². The maximum atomic E-state index is 13.7. The van der Waals surface area contributed by atoms with E-state index < -0.39 is 0 Å². The van der Waals surface area contributed by atoms with Crippen molar-refractivity contribution in [1.82, 2.24) is 9.80 Å². The summed E-state index contributed by atoms with van der Waals surface area (Å²) in [5.74, 6) is 1.70. The first-order valence-corrected chi connectivity index (χ1v) is 12.7. The van der Waals surface area contributed by atoms with Gasteiger partial charge in [-0.25, -0.2) is 0 Å². The normalized spacial score (nSPS) is 16.1. The second-order valence-corrected chi connectivity index (χ2v) is 9.61. The maximum Gasteiger partial charge on any atom is 0.254 e. The summed E-state index contributed by atoms with van der Waals surface area (Å²) in [6.45, 7) is 3.28. The van der Waals surface area contributed by atoms with E-state index in [1.165, 1.54) is 4.88 Å². The molecule has 0 spiro atoms. The van der Waals surface area contributed by atoms with Crippen LogP contribution >= 0.6 is 11.3 Å². The lowest BCUT2D eigenvalue weighted by Gasteiger charge is -2.37. The molecule has 5 rings (SSSR count). The lowest BCUT2D eigenvalue weighted by molar-refractivity contribution is -0.134. The van der Waals surface area contributed by atoms with E-state index in [2.05, 4.69) is 11.4 Å². The summed E-state index contributed by atoms with van der Waals surface area (Å²) >= 11 is 1.73. The van der Waals surface area contributed by atoms with Crippen molar-refractivity contribution in [3.8, 4) is 17.2 Å². The Morgan fingerprint density at radius 1 is 1.11 bits per heavy atom. The standard InChI is InChI=1S/C27H28N2O5S/c1-3-12-28(27(31)19-6-9-22-23(15-19)34-17-33-22)16-25(30)29-13-10-24-21(11-14-35-24)26(29)18-4-7-20(32-2)8-5-18/h4-9,11,14-15,26H,3,10,12-13,16-17H2,1-2H3. The van der Waals surface area contributed by atoms with Crippen molar-refractivity contribution in [3.05, 3.63) is 75.5 Å². The van der Waals surface area contributed by atoms with Crippen molar-refractivity contribution in [2.45, 2.75) is 25.8 Å². The van der Waals surface area contributed by atoms with Crippen LogP contribution in [0.5, 0.6) is 17.2 Å². The first kappa shape index (κ1) is 23.2. The van der Waals surface area contributed by atoms with Gasteiger partial charge in [-0.15, -0.1) is 11.3 Å². The molecular formula is C27H28N2O5S. The molecule has 1 aromatic heterocycles. The third-order valence-corrected chi connectivity index (χ3v) is 7.44. The van der Waals surface area contributed by atoms with Crippen LogP contribution in [0.1, 0.15) is 45.7 Å². The molecule has 182 valence electrons. The summed E-state index contributed by atoms with van der Waals surface area (Å²) in [5.41, 5.74) is 2.67. The van der Waals surface area contributed by atoms with Gasteiger partial charge in [0.15, 0.2) is 11.5 Å². The van der Waals surface area contributed by atoms with Gasteiger partial charge >= 0.3 is 0 Å². The molecule has 0 saturated carbocycles. The van der Waals surface area contributed by atoms with Gasteiger partial charge in [-0.2, -0.15) is 0 Å². The third kappa shape index (κ3) is 4.58. The second-order valence-electron chi connectivity index (χ2n) is 8.61. The van der Waals surface area contributed by atoms with Crippen molar-refractivity contribution in [1.29, 1.82) is 0 Å². The fraction of sp³-hybridized carbons (Fsp3) is 0.333. The number of amides is 2. The number of ether oxygens (including phenoxy) is 3. The van der Waals surface area contributed by atoms with E-state index in [4.69, 9.17) is 14.2 Å². The molecule has 2 aliphatic heterocycles. The summed E-state index contributed by atoms with van der Waals surface area (Å²) < 4.78 is 16.1. The number of hydrogen-bond acceptors (Lipinski definition) is 6. The van der Waals surface area contributed by atoms with Gasteiger partial charge < -0.3 is 24.0 Å². The summed E-state index contributed by atoms with van der Waals surface area (Å²) in [4.78, 5) is 31.9. The number of carbonyl (C=O) groups excluding carboxylic acids is 2. The van der Waals surface area contributed by atoms with E-state index in [9.17, 15) is 9.59 Å². The molecular weight excluding hydrogens is 464 g/mol. The molecule has 0 saturated heterocycles. The molecule has 0 radical (unpaired) electrons. The van der Waals surface area contributed by atoms with E-state index in [1.807, 2.05) is 36.1 Å². The van der Waals surface area contributed by atoms with Crippen LogP contribution in [0.2, 0.25) is 0 Å². The van der Waals surface area contributed by atoms with Crippen LogP contribution in [0.15, 0.2) is 53.9 Å². The zero-order chi connectivity index (χ0) is 24.4. The Morgan fingerprint density at radius 2 is 1.91 bits per heavy atom. The first-order chi connectivity index (χ1) is 17.1. The minimum absolute atomic E-state index is 0.0211. The van der Waals surface area contributed by atoms with Gasteiger partial charge in [0, 0.05) is 23.5 Å². The van der Waals surface area contributed by atoms with Crippen molar-refractivity contribution >= 4 is 23.2 Å². The van der Waals surface area contributed by atoms with Crippen molar-refractivity contribution < 1.29 is 23.8 Å². The summed E-state index contributed by atoms with van der Waals surface area (Å²) in [6.07, 6.45) is 1.56. The first-order valence-electron chi connectivity index (χ1n) is 11.8. The largest absolute Gasteiger partial charge is 0.497 e. The number of methoxy groups -OCH3 is 1. The van der Waals surface area contributed by atoms with Crippen LogP contribution in [0.4, 0.5) is 0 Å². The minimum Gasteiger partial charge on any atom is -0.497 e. The lowest BCUT2D eigenvalue weighted by Crippen LogP contribution is -2.47. The molecule has 8 heteroatoms. The van der Waals surface area contributed by atoms with E-state index in [1.54, 1.807) is 41.5 Å². The highest BCUT2D eigenvalue weighted by Crippen LogP contribution is 2.38. The molecule has 35 heavy (non-hydrogen) atoms. The van der Waals surface area contributed by atoms with E-state index in [0.29, 0.717) is 30.2 Å². The number of nitrogens with zero attached hydrogens (tertiary/aromatic N) is 2. The Hall–Kier alpha value is -3.52. The molecule has 2 aromatic carbocycles. The van der Waals surface area contributed by atoms with Gasteiger partial charge in [-0.05, 0) is 65.7 Å². The third-order valence-electron chi connectivity index (χ3n) is 6.44. The summed E-state index contributed by atoms with van der Waals surface area (Å²) in [7, 11) is 1.64. The highest BCUT2D eigenvalue weighted by Gasteiger charge is 2.34. The molecule has 0 bridgehead atoms. The van der Waals surface area contributed by atoms with Crippen molar-refractivity contribution in [2.75, 3.05) is 33.5 Å². The van der Waals surface area contributed by atoms with E-state index >= 15 is 0 Å². The monoisotopic (exact) mass is 492 g/mol. The van der Waals surface area contributed by atoms with Gasteiger partial charge in [0.2, 0.25) is 12.7 Å². The van der Waals surface area contributed by atoms with Crippen LogP contribution in [-0.4, -0.2) is 55.2 Å². The summed E-state index contributed by atoms with van der Waals surface area (Å²) in [6, 6.07) is 14.9. The van der Waals surface area contributed by atoms with E-state index in [-0.39, 0.29) is 31.2 Å². The number of rotatable bonds is 7. The van der Waals surface area contributed by atoms with Crippen molar-refractivity contribution in [3.63, 3.8) is 0 Å². The lowest BCUT2D eigenvalue weighted by atomic mass is 9.93. The quantitative estimate of drug-likeness (QED) is 0.485. The summed E-state index contributed by atoms with van der Waals surface area (Å²) in [5, 5.41) is 2.09. The molecule has 3 heterocycles. The highest BCUT2D eigenvalue weighted by atomic mass is 32.1. The molecule has 0 fully saturated rings. The minimum atomic E-state index is -0.187. The van der Waals surface area contributed by atoms with Crippen LogP contribution in [0.3, 0.4) is 0 Å². The molecule has 1 unspecified atom stereocenters. The average Bonchev–Trinajstić information content (AvgIpc) is 3.56. The Kier molecular flexibility index (Phi) is 6.63. The zero-order valence-corrected chi connectivity index (χ0v) is 20.7. The molecule has 2 aliphatic rings. The fourth-order valence-corrected chi connectivity index (χ4v) is 5.62. The van der Waals surface area contributed by atoms with Crippen LogP contribution in [0, 0.1) is 0 Å². The predicted molar refractivity (Wildman–Crippen MR) is 133 cm³/mol. The number of fused-ring (bicyclic) bond motifs is 2. The zero-order valence-electron chi connectivity index (χ0n) is 19.9. The topological polar surface area (TPSA) is 68.3 Å². The van der Waals surface area contributed by atoms with E-state index in [0.717, 1.165) is 29.7 Å². The maximum absolute atomic E-state index is 13.7. The SMILES string of the molecule is CCCN(CC(=O)N1CCc2sccc2C1c1ccc(OC)cc1)C(=O)c1ccc2c(c1)OCO2. The molecule has 0 N–H and O–H groups in total. The Balaban J connectivity index is 1.40. The number of thiophene rings is 1. The highest BCUT2D eigenvalue weighted by molar-refractivity contribution is 7.10. The molecule has 1 atom stereocenters. The second kappa shape index (κ2) is 10.00. The molecule has 0 aliphatic carbocycles. The van der Waals surface area contributed by atoms with Crippen LogP contribution in [0.25, 0.3) is 0 Å². The Morgan fingerprint density at radius 3 is 2.69 bits per heavy atom. The molecule has 7 nitrogen and oxygen atoms in total. The van der Waals surface area contributed by atoms with Gasteiger partial charge in [0.25, 0.3) is 5.91 Å². The number of carbonyl (C=O) groups is 2. The number of benzene rings is 2. The smallest absolute Gasteiger partial charge is 0.254 e. The fourth-order valence-electron chi connectivity index (χ4n) is 4.72. The van der Waals surface area contributed by atoms with Crippen LogP contribution in [-0.2, 0) is 11.2 Å². The Bertz CT molecular complexity index is 1220. The van der Waals surface area contributed by atoms with Gasteiger partial charge in [-0.3, -0.25) is 9.59 Å². The predicted octanol–water partition coefficient (Wildman–Crippen LogP) is 4.51. The average molecular weight is 493 g/mol. The van der Waals surface area contributed by atoms with Gasteiger partial charge in [0.1, 0.15) is 12.3 Å². The molecule has 3 aromatic rings.